The van der Waals surface area contributed by atoms with E-state index in [1.807, 2.05) is 0 Å². The van der Waals surface area contributed by atoms with Crippen molar-refractivity contribution in [3.05, 3.63) is 5.82 Å². The van der Waals surface area contributed by atoms with E-state index in [1.165, 1.54) is 0 Å². The second kappa shape index (κ2) is 2.63. The van der Waals surface area contributed by atoms with Crippen molar-refractivity contribution < 1.29 is 5.11 Å². The maximum atomic E-state index is 8.54. The Morgan fingerprint density at radius 1 is 1.70 bits per heavy atom. The van der Waals surface area contributed by atoms with Crippen LogP contribution in [0.2, 0.25) is 0 Å². The topological polar surface area (TPSA) is 114 Å². The summed E-state index contributed by atoms with van der Waals surface area (Å²) in [4.78, 5) is 3.71. The Bertz CT molecular complexity index is 209. The number of aromatic amines is 1. The second-order valence-electron chi connectivity index (χ2n) is 1.87. The van der Waals surface area contributed by atoms with E-state index in [1.54, 1.807) is 0 Å². The summed E-state index contributed by atoms with van der Waals surface area (Å²) >= 11 is 0. The summed E-state index contributed by atoms with van der Waals surface area (Å²) in [6.45, 7) is -0.172. The number of nitrogens with one attached hydrogen (secondary N) is 1. The third-order valence-corrected chi connectivity index (χ3v) is 1.07. The van der Waals surface area contributed by atoms with Crippen molar-refractivity contribution in [1.82, 2.24) is 15.2 Å². The minimum atomic E-state index is -0.523. The SMILES string of the molecule is Nc1n[nH]c([C@H](N)CO)n1. The molecule has 1 atom stereocenters. The number of nitrogen functional groups attached to an aromatic ring is 1. The highest BCUT2D eigenvalue weighted by Crippen LogP contribution is 2.02. The quantitative estimate of drug-likeness (QED) is 0.397. The van der Waals surface area contributed by atoms with Crippen LogP contribution in [-0.4, -0.2) is 26.9 Å². The highest BCUT2D eigenvalue weighted by atomic mass is 16.3. The van der Waals surface area contributed by atoms with Crippen LogP contribution in [0.5, 0.6) is 0 Å². The van der Waals surface area contributed by atoms with Gasteiger partial charge in [-0.1, -0.05) is 0 Å². The molecule has 6 heteroatoms. The first kappa shape index (κ1) is 6.97. The third-order valence-electron chi connectivity index (χ3n) is 1.07. The summed E-state index contributed by atoms with van der Waals surface area (Å²) in [5.41, 5.74) is 10.5. The van der Waals surface area contributed by atoms with Crippen molar-refractivity contribution in [2.24, 2.45) is 5.73 Å². The van der Waals surface area contributed by atoms with Crippen molar-refractivity contribution in [1.29, 1.82) is 0 Å². The molecule has 0 bridgehead atoms. The molecule has 0 aromatic carbocycles. The first-order valence-corrected chi connectivity index (χ1v) is 2.78. The molecular weight excluding hydrogens is 134 g/mol. The van der Waals surface area contributed by atoms with Gasteiger partial charge in [-0.25, -0.2) is 0 Å². The largest absolute Gasteiger partial charge is 0.394 e. The molecule has 56 valence electrons. The number of hydrogen-bond donors (Lipinski definition) is 4. The zero-order valence-corrected chi connectivity index (χ0v) is 5.28. The van der Waals surface area contributed by atoms with E-state index in [-0.39, 0.29) is 12.6 Å². The Morgan fingerprint density at radius 3 is 2.80 bits per heavy atom. The normalized spacial score (nSPS) is 13.4. The number of rotatable bonds is 2. The lowest BCUT2D eigenvalue weighted by molar-refractivity contribution is 0.263. The predicted molar refractivity (Wildman–Crippen MR) is 34.8 cm³/mol. The molecular formula is C4H9N5O. The van der Waals surface area contributed by atoms with Crippen LogP contribution in [0.4, 0.5) is 5.95 Å². The lowest BCUT2D eigenvalue weighted by Gasteiger charge is -2.00. The van der Waals surface area contributed by atoms with Crippen LogP contribution in [-0.2, 0) is 0 Å². The first-order chi connectivity index (χ1) is 4.74. The second-order valence-corrected chi connectivity index (χ2v) is 1.87. The first-order valence-electron chi connectivity index (χ1n) is 2.78. The highest BCUT2D eigenvalue weighted by molar-refractivity contribution is 5.13. The number of aromatic nitrogens is 3. The lowest BCUT2D eigenvalue weighted by Crippen LogP contribution is -2.16. The molecule has 6 N–H and O–H groups in total. The molecule has 1 heterocycles. The lowest BCUT2D eigenvalue weighted by atomic mass is 10.3. The molecule has 0 aliphatic carbocycles. The van der Waals surface area contributed by atoms with Gasteiger partial charge >= 0.3 is 0 Å². The van der Waals surface area contributed by atoms with E-state index < -0.39 is 6.04 Å². The van der Waals surface area contributed by atoms with Gasteiger partial charge in [0.25, 0.3) is 0 Å². The van der Waals surface area contributed by atoms with Crippen molar-refractivity contribution in [2.75, 3.05) is 12.3 Å². The van der Waals surface area contributed by atoms with Gasteiger partial charge in [-0.2, -0.15) is 4.98 Å². The highest BCUT2D eigenvalue weighted by Gasteiger charge is 2.07. The van der Waals surface area contributed by atoms with Gasteiger partial charge in [0.05, 0.1) is 12.6 Å². The molecule has 1 rings (SSSR count). The van der Waals surface area contributed by atoms with Crippen LogP contribution in [0.15, 0.2) is 0 Å². The number of aliphatic hydroxyl groups excluding tert-OH is 1. The third kappa shape index (κ3) is 1.23. The molecule has 0 saturated carbocycles. The molecule has 0 saturated heterocycles. The number of aliphatic hydroxyl groups is 1. The fourth-order valence-corrected chi connectivity index (χ4v) is 0.540. The van der Waals surface area contributed by atoms with E-state index in [0.717, 1.165) is 0 Å². The van der Waals surface area contributed by atoms with Crippen LogP contribution >= 0.6 is 0 Å². The number of nitrogens with two attached hydrogens (primary N) is 2. The van der Waals surface area contributed by atoms with Gasteiger partial charge in [-0.3, -0.25) is 5.10 Å². The monoisotopic (exact) mass is 143 g/mol. The smallest absolute Gasteiger partial charge is 0.239 e. The maximum Gasteiger partial charge on any atom is 0.239 e. The molecule has 0 fully saturated rings. The van der Waals surface area contributed by atoms with Gasteiger partial charge in [0.2, 0.25) is 5.95 Å². The van der Waals surface area contributed by atoms with E-state index in [0.29, 0.717) is 5.82 Å². The fraction of sp³-hybridized carbons (Fsp3) is 0.500. The molecule has 0 amide bonds. The molecule has 0 aliphatic heterocycles. The minimum absolute atomic E-state index is 0.138. The molecule has 6 nitrogen and oxygen atoms in total. The van der Waals surface area contributed by atoms with Crippen LogP contribution in [0, 0.1) is 0 Å². The van der Waals surface area contributed by atoms with Gasteiger partial charge in [0.15, 0.2) is 0 Å². The van der Waals surface area contributed by atoms with E-state index >= 15 is 0 Å². The molecule has 0 unspecified atom stereocenters. The summed E-state index contributed by atoms with van der Waals surface area (Å²) in [5.74, 6) is 0.541. The Hall–Kier alpha value is -1.14. The standard InChI is InChI=1S/C4H9N5O/c5-2(1-10)3-7-4(6)9-8-3/h2,10H,1,5H2,(H3,6,7,8,9)/t2-/m1/s1. The number of H-pyrrole nitrogens is 1. The van der Waals surface area contributed by atoms with E-state index in [9.17, 15) is 0 Å². The Kier molecular flexibility index (Phi) is 1.83. The minimum Gasteiger partial charge on any atom is -0.394 e. The average Bonchev–Trinajstić information content (AvgIpc) is 2.34. The van der Waals surface area contributed by atoms with Crippen LogP contribution < -0.4 is 11.5 Å². The van der Waals surface area contributed by atoms with Gasteiger partial charge in [-0.05, 0) is 0 Å². The zero-order valence-electron chi connectivity index (χ0n) is 5.28. The summed E-state index contributed by atoms with van der Waals surface area (Å²) < 4.78 is 0. The Balaban J connectivity index is 2.74. The fourth-order valence-electron chi connectivity index (χ4n) is 0.540. The summed E-state index contributed by atoms with van der Waals surface area (Å²) in [7, 11) is 0. The summed E-state index contributed by atoms with van der Waals surface area (Å²) in [6.07, 6.45) is 0. The molecule has 0 radical (unpaired) electrons. The average molecular weight is 143 g/mol. The Morgan fingerprint density at radius 2 is 2.40 bits per heavy atom. The Labute approximate surface area is 57.3 Å². The van der Waals surface area contributed by atoms with E-state index in [2.05, 4.69) is 15.2 Å². The van der Waals surface area contributed by atoms with Gasteiger partial charge in [-0.15, -0.1) is 5.10 Å². The maximum absolute atomic E-state index is 8.54. The number of hydrogen-bond acceptors (Lipinski definition) is 5. The van der Waals surface area contributed by atoms with Crippen molar-refractivity contribution in [2.45, 2.75) is 6.04 Å². The van der Waals surface area contributed by atoms with Gasteiger partial charge in [0, 0.05) is 0 Å². The van der Waals surface area contributed by atoms with Gasteiger partial charge in [0.1, 0.15) is 5.82 Å². The van der Waals surface area contributed by atoms with Gasteiger partial charge < -0.3 is 16.6 Å². The number of nitrogens with zero attached hydrogens (tertiary/aromatic N) is 2. The summed E-state index contributed by atoms with van der Waals surface area (Å²) in [5, 5.41) is 14.6. The predicted octanol–water partition coefficient (Wildman–Crippen LogP) is -1.62. The summed E-state index contributed by atoms with van der Waals surface area (Å²) in [6, 6.07) is -0.523. The van der Waals surface area contributed by atoms with Crippen molar-refractivity contribution in [3.8, 4) is 0 Å². The van der Waals surface area contributed by atoms with Crippen LogP contribution in [0.3, 0.4) is 0 Å². The van der Waals surface area contributed by atoms with E-state index in [4.69, 9.17) is 16.6 Å². The van der Waals surface area contributed by atoms with Crippen molar-refractivity contribution >= 4 is 5.95 Å². The molecule has 0 aliphatic rings. The zero-order chi connectivity index (χ0) is 7.56. The van der Waals surface area contributed by atoms with Crippen LogP contribution in [0.1, 0.15) is 11.9 Å². The molecule has 10 heavy (non-hydrogen) atoms. The molecule has 1 aromatic rings. The molecule has 0 spiro atoms. The number of anilines is 1. The van der Waals surface area contributed by atoms with Crippen LogP contribution in [0.25, 0.3) is 0 Å². The van der Waals surface area contributed by atoms with Crippen molar-refractivity contribution in [3.63, 3.8) is 0 Å². The molecule has 1 aromatic heterocycles.